The van der Waals surface area contributed by atoms with E-state index in [1.54, 1.807) is 0 Å². The van der Waals surface area contributed by atoms with Crippen LogP contribution in [0.1, 0.15) is 11.3 Å². The quantitative estimate of drug-likeness (QED) is 0.913. The van der Waals surface area contributed by atoms with Gasteiger partial charge in [-0.2, -0.15) is 0 Å². The van der Waals surface area contributed by atoms with Gasteiger partial charge < -0.3 is 10.1 Å². The Morgan fingerprint density at radius 2 is 2.11 bits per heavy atom. The Morgan fingerprint density at radius 3 is 2.89 bits per heavy atom. The largest absolute Gasteiger partial charge is 0.486 e. The molecule has 18 heavy (non-hydrogen) atoms. The Kier molecular flexibility index (Phi) is 4.05. The van der Waals surface area contributed by atoms with Crippen molar-refractivity contribution < 1.29 is 4.74 Å². The highest BCUT2D eigenvalue weighted by Crippen LogP contribution is 2.25. The first kappa shape index (κ1) is 12.7. The maximum atomic E-state index is 6.06. The summed E-state index contributed by atoms with van der Waals surface area (Å²) in [5.41, 5.74) is 1.98. The van der Waals surface area contributed by atoms with Crippen molar-refractivity contribution in [1.29, 1.82) is 0 Å². The van der Waals surface area contributed by atoms with Gasteiger partial charge in [0.1, 0.15) is 18.2 Å². The van der Waals surface area contributed by atoms with E-state index in [2.05, 4.69) is 10.3 Å². The van der Waals surface area contributed by atoms with Crippen LogP contribution in [0.15, 0.2) is 36.4 Å². The van der Waals surface area contributed by atoms with Crippen molar-refractivity contribution in [2.45, 2.75) is 13.5 Å². The summed E-state index contributed by atoms with van der Waals surface area (Å²) in [7, 11) is 1.84. The monoisotopic (exact) mass is 262 g/mol. The topological polar surface area (TPSA) is 34.1 Å². The van der Waals surface area contributed by atoms with Crippen molar-refractivity contribution in [3.8, 4) is 5.75 Å². The minimum atomic E-state index is 0.401. The molecule has 1 heterocycles. The van der Waals surface area contributed by atoms with Crippen LogP contribution in [-0.2, 0) is 6.61 Å². The van der Waals surface area contributed by atoms with Crippen LogP contribution in [0.25, 0.3) is 0 Å². The molecule has 0 aliphatic carbocycles. The lowest BCUT2D eigenvalue weighted by molar-refractivity contribution is 0.301. The van der Waals surface area contributed by atoms with Gasteiger partial charge in [-0.1, -0.05) is 23.7 Å². The molecule has 0 saturated carbocycles. The molecule has 0 fully saturated rings. The molecule has 1 N–H and O–H groups in total. The second kappa shape index (κ2) is 5.74. The number of halogens is 1. The predicted molar refractivity (Wildman–Crippen MR) is 74.3 cm³/mol. The number of hydrogen-bond donors (Lipinski definition) is 1. The molecular weight excluding hydrogens is 248 g/mol. The zero-order valence-corrected chi connectivity index (χ0v) is 11.2. The summed E-state index contributed by atoms with van der Waals surface area (Å²) in [5, 5.41) is 3.61. The van der Waals surface area contributed by atoms with Crippen LogP contribution in [0.5, 0.6) is 5.75 Å². The fourth-order valence-corrected chi connectivity index (χ4v) is 1.74. The molecule has 1 aromatic carbocycles. The van der Waals surface area contributed by atoms with Gasteiger partial charge >= 0.3 is 0 Å². The number of rotatable bonds is 4. The van der Waals surface area contributed by atoms with Crippen molar-refractivity contribution >= 4 is 17.4 Å². The van der Waals surface area contributed by atoms with Gasteiger partial charge in [0.25, 0.3) is 0 Å². The smallest absolute Gasteiger partial charge is 0.138 e. The molecule has 2 aromatic rings. The van der Waals surface area contributed by atoms with E-state index >= 15 is 0 Å². The zero-order valence-electron chi connectivity index (χ0n) is 10.4. The van der Waals surface area contributed by atoms with Gasteiger partial charge in [-0.25, -0.2) is 4.98 Å². The Balaban J connectivity index is 2.08. The fraction of sp³-hybridized carbons (Fsp3) is 0.214. The summed E-state index contributed by atoms with van der Waals surface area (Å²) in [6.07, 6.45) is 0. The van der Waals surface area contributed by atoms with E-state index in [1.807, 2.05) is 50.4 Å². The zero-order chi connectivity index (χ0) is 13.0. The average Bonchev–Trinajstić information content (AvgIpc) is 2.40. The van der Waals surface area contributed by atoms with E-state index < -0.39 is 0 Å². The number of hydrogen-bond acceptors (Lipinski definition) is 3. The molecule has 0 spiro atoms. The van der Waals surface area contributed by atoms with Crippen LogP contribution < -0.4 is 10.1 Å². The van der Waals surface area contributed by atoms with Crippen LogP contribution in [0.4, 0.5) is 5.82 Å². The predicted octanol–water partition coefficient (Wildman–Crippen LogP) is 3.66. The summed E-state index contributed by atoms with van der Waals surface area (Å²) in [6, 6.07) is 11.5. The Bertz CT molecular complexity index is 543. The van der Waals surface area contributed by atoms with Crippen LogP contribution in [0, 0.1) is 6.92 Å². The minimum absolute atomic E-state index is 0.401. The Hall–Kier alpha value is -1.74. The molecule has 0 radical (unpaired) electrons. The number of pyridine rings is 1. The standard InChI is InChI=1S/C14H15ClN2O/c1-10-6-7-12(15)13(8-10)18-9-11-4-3-5-14(16-2)17-11/h3-8H,9H2,1-2H3,(H,16,17). The lowest BCUT2D eigenvalue weighted by Crippen LogP contribution is -2.01. The second-order valence-electron chi connectivity index (χ2n) is 3.99. The molecule has 0 unspecified atom stereocenters. The fourth-order valence-electron chi connectivity index (χ4n) is 1.57. The third kappa shape index (κ3) is 3.14. The molecule has 0 atom stereocenters. The molecule has 0 bridgehead atoms. The lowest BCUT2D eigenvalue weighted by atomic mass is 10.2. The SMILES string of the molecule is CNc1cccc(COc2cc(C)ccc2Cl)n1. The summed E-state index contributed by atoms with van der Waals surface area (Å²) in [6.45, 7) is 2.40. The first-order chi connectivity index (χ1) is 8.69. The first-order valence-corrected chi connectivity index (χ1v) is 6.09. The highest BCUT2D eigenvalue weighted by molar-refractivity contribution is 6.32. The van der Waals surface area contributed by atoms with E-state index in [0.717, 1.165) is 17.1 Å². The summed E-state index contributed by atoms with van der Waals surface area (Å²) in [4.78, 5) is 4.38. The number of benzene rings is 1. The van der Waals surface area contributed by atoms with E-state index in [-0.39, 0.29) is 0 Å². The van der Waals surface area contributed by atoms with Gasteiger partial charge in [0.2, 0.25) is 0 Å². The van der Waals surface area contributed by atoms with Crippen LogP contribution >= 0.6 is 11.6 Å². The molecule has 2 rings (SSSR count). The van der Waals surface area contributed by atoms with Crippen molar-refractivity contribution in [2.24, 2.45) is 0 Å². The number of aryl methyl sites for hydroxylation is 1. The van der Waals surface area contributed by atoms with Crippen LogP contribution in [-0.4, -0.2) is 12.0 Å². The third-order valence-corrected chi connectivity index (χ3v) is 2.84. The first-order valence-electron chi connectivity index (χ1n) is 5.71. The molecule has 0 aliphatic heterocycles. The molecule has 94 valence electrons. The maximum absolute atomic E-state index is 6.06. The summed E-state index contributed by atoms with van der Waals surface area (Å²) < 4.78 is 5.68. The summed E-state index contributed by atoms with van der Waals surface area (Å²) in [5.74, 6) is 1.51. The Morgan fingerprint density at radius 1 is 1.28 bits per heavy atom. The highest BCUT2D eigenvalue weighted by Gasteiger charge is 2.03. The molecule has 0 saturated heterocycles. The molecule has 0 aliphatic rings. The number of nitrogens with one attached hydrogen (secondary N) is 1. The van der Waals surface area contributed by atoms with E-state index in [0.29, 0.717) is 17.4 Å². The van der Waals surface area contributed by atoms with Gasteiger partial charge in [-0.3, -0.25) is 0 Å². The van der Waals surface area contributed by atoms with Gasteiger partial charge in [0.15, 0.2) is 0 Å². The molecule has 1 aromatic heterocycles. The minimum Gasteiger partial charge on any atom is -0.486 e. The van der Waals surface area contributed by atoms with Crippen LogP contribution in [0.2, 0.25) is 5.02 Å². The van der Waals surface area contributed by atoms with E-state index in [9.17, 15) is 0 Å². The number of anilines is 1. The van der Waals surface area contributed by atoms with Gasteiger partial charge in [0.05, 0.1) is 10.7 Å². The maximum Gasteiger partial charge on any atom is 0.138 e. The Labute approximate surface area is 112 Å². The normalized spacial score (nSPS) is 10.2. The number of ether oxygens (including phenoxy) is 1. The molecule has 4 heteroatoms. The summed E-state index contributed by atoms with van der Waals surface area (Å²) >= 11 is 6.06. The molecular formula is C14H15ClN2O. The molecule has 3 nitrogen and oxygen atoms in total. The lowest BCUT2D eigenvalue weighted by Gasteiger charge is -2.09. The van der Waals surface area contributed by atoms with Gasteiger partial charge in [0, 0.05) is 7.05 Å². The number of aromatic nitrogens is 1. The van der Waals surface area contributed by atoms with E-state index in [4.69, 9.17) is 16.3 Å². The number of nitrogens with zero attached hydrogens (tertiary/aromatic N) is 1. The third-order valence-electron chi connectivity index (χ3n) is 2.53. The highest BCUT2D eigenvalue weighted by atomic mass is 35.5. The van der Waals surface area contributed by atoms with E-state index in [1.165, 1.54) is 0 Å². The van der Waals surface area contributed by atoms with Crippen molar-refractivity contribution in [1.82, 2.24) is 4.98 Å². The molecule has 0 amide bonds. The van der Waals surface area contributed by atoms with Gasteiger partial charge in [-0.15, -0.1) is 0 Å². The average molecular weight is 263 g/mol. The van der Waals surface area contributed by atoms with Crippen molar-refractivity contribution in [2.75, 3.05) is 12.4 Å². The van der Waals surface area contributed by atoms with Crippen LogP contribution in [0.3, 0.4) is 0 Å². The van der Waals surface area contributed by atoms with Crippen molar-refractivity contribution in [3.05, 3.63) is 52.7 Å². The van der Waals surface area contributed by atoms with Gasteiger partial charge in [-0.05, 0) is 36.8 Å². The second-order valence-corrected chi connectivity index (χ2v) is 4.39. The van der Waals surface area contributed by atoms with Crippen molar-refractivity contribution in [3.63, 3.8) is 0 Å².